The number of hydrogen-bond donors (Lipinski definition) is 1. The highest BCUT2D eigenvalue weighted by Gasteiger charge is 2.07. The molecule has 84 valence electrons. The van der Waals surface area contributed by atoms with Crippen LogP contribution in [0.4, 0.5) is 0 Å². The van der Waals surface area contributed by atoms with Crippen LogP contribution in [0.3, 0.4) is 0 Å². The van der Waals surface area contributed by atoms with Crippen LogP contribution in [0.25, 0.3) is 0 Å². The minimum absolute atomic E-state index is 0.00329. The van der Waals surface area contributed by atoms with E-state index in [9.17, 15) is 13.2 Å². The molecule has 0 fully saturated rings. The van der Waals surface area contributed by atoms with E-state index in [1.54, 1.807) is 6.07 Å². The Morgan fingerprint density at radius 2 is 2.27 bits per heavy atom. The van der Waals surface area contributed by atoms with Crippen LogP contribution in [0, 0.1) is 0 Å². The van der Waals surface area contributed by atoms with Gasteiger partial charge in [-0.05, 0) is 6.07 Å². The lowest BCUT2D eigenvalue weighted by Crippen LogP contribution is -2.24. The van der Waals surface area contributed by atoms with Gasteiger partial charge in [-0.15, -0.1) is 0 Å². The molecule has 0 atom stereocenters. The smallest absolute Gasteiger partial charge is 0.221 e. The predicted octanol–water partition coefficient (Wildman–Crippen LogP) is 0.330. The average Bonchev–Trinajstić information content (AvgIpc) is 2.62. The second-order valence-corrected chi connectivity index (χ2v) is 5.55. The monoisotopic (exact) mass is 231 g/mol. The molecule has 1 N–H and O–H groups in total. The topological polar surface area (TPSA) is 76.4 Å². The van der Waals surface area contributed by atoms with Gasteiger partial charge in [0.2, 0.25) is 5.91 Å². The van der Waals surface area contributed by atoms with E-state index in [1.165, 1.54) is 12.5 Å². The van der Waals surface area contributed by atoms with Gasteiger partial charge in [-0.2, -0.15) is 0 Å². The van der Waals surface area contributed by atoms with Gasteiger partial charge in [0.15, 0.2) is 0 Å². The standard InChI is InChI=1S/C9H13NO4S/c1-15(12,13)5-3-9(11)10-6-8-2-4-14-7-8/h2,4,7H,3,5-6H2,1H3,(H,10,11). The maximum Gasteiger partial charge on any atom is 0.221 e. The van der Waals surface area contributed by atoms with Gasteiger partial charge in [-0.25, -0.2) is 8.42 Å². The number of furan rings is 1. The second-order valence-electron chi connectivity index (χ2n) is 3.29. The second kappa shape index (κ2) is 4.97. The third kappa shape index (κ3) is 5.21. The molecule has 1 heterocycles. The van der Waals surface area contributed by atoms with Crippen LogP contribution in [0.2, 0.25) is 0 Å². The van der Waals surface area contributed by atoms with E-state index in [2.05, 4.69) is 5.32 Å². The minimum atomic E-state index is -3.07. The van der Waals surface area contributed by atoms with Crippen molar-refractivity contribution in [1.82, 2.24) is 5.32 Å². The Bertz CT molecular complexity index is 407. The van der Waals surface area contributed by atoms with Crippen LogP contribution in [0.5, 0.6) is 0 Å². The summed E-state index contributed by atoms with van der Waals surface area (Å²) in [5, 5.41) is 2.59. The molecule has 1 aromatic heterocycles. The summed E-state index contributed by atoms with van der Waals surface area (Å²) in [6.07, 6.45) is 4.14. The van der Waals surface area contributed by atoms with E-state index < -0.39 is 9.84 Å². The molecule has 0 unspecified atom stereocenters. The van der Waals surface area contributed by atoms with Gasteiger partial charge in [0.1, 0.15) is 9.84 Å². The fourth-order valence-corrected chi connectivity index (χ4v) is 1.52. The largest absolute Gasteiger partial charge is 0.472 e. The average molecular weight is 231 g/mol. The zero-order valence-electron chi connectivity index (χ0n) is 8.39. The molecule has 0 aromatic carbocycles. The van der Waals surface area contributed by atoms with E-state index in [1.807, 2.05) is 0 Å². The molecule has 0 saturated carbocycles. The summed E-state index contributed by atoms with van der Waals surface area (Å²) >= 11 is 0. The molecule has 0 spiro atoms. The Morgan fingerprint density at radius 3 is 2.80 bits per heavy atom. The summed E-state index contributed by atoms with van der Waals surface area (Å²) in [7, 11) is -3.07. The summed E-state index contributed by atoms with van der Waals surface area (Å²) in [6.45, 7) is 0.360. The van der Waals surface area contributed by atoms with Crippen molar-refractivity contribution in [2.45, 2.75) is 13.0 Å². The third-order valence-corrected chi connectivity index (χ3v) is 2.72. The Labute approximate surface area is 88.4 Å². The Hall–Kier alpha value is -1.30. The van der Waals surface area contributed by atoms with Crippen molar-refractivity contribution in [1.29, 1.82) is 0 Å². The summed E-state index contributed by atoms with van der Waals surface area (Å²) in [5.41, 5.74) is 0.850. The van der Waals surface area contributed by atoms with Crippen molar-refractivity contribution < 1.29 is 17.6 Å². The van der Waals surface area contributed by atoms with E-state index in [-0.39, 0.29) is 18.1 Å². The number of amides is 1. The maximum absolute atomic E-state index is 11.2. The van der Waals surface area contributed by atoms with Gasteiger partial charge >= 0.3 is 0 Å². The molecular weight excluding hydrogens is 218 g/mol. The van der Waals surface area contributed by atoms with Gasteiger partial charge in [0.25, 0.3) is 0 Å². The number of sulfone groups is 1. The molecule has 15 heavy (non-hydrogen) atoms. The zero-order chi connectivity index (χ0) is 11.3. The molecule has 5 nitrogen and oxygen atoms in total. The van der Waals surface area contributed by atoms with Crippen molar-refractivity contribution >= 4 is 15.7 Å². The summed E-state index contributed by atoms with van der Waals surface area (Å²) < 4.78 is 26.4. The Morgan fingerprint density at radius 1 is 1.53 bits per heavy atom. The van der Waals surface area contributed by atoms with Crippen molar-refractivity contribution in [3.05, 3.63) is 24.2 Å². The van der Waals surface area contributed by atoms with E-state index in [0.717, 1.165) is 11.8 Å². The first-order valence-corrected chi connectivity index (χ1v) is 6.49. The molecule has 1 rings (SSSR count). The molecule has 0 radical (unpaired) electrons. The highest BCUT2D eigenvalue weighted by molar-refractivity contribution is 7.90. The normalized spacial score (nSPS) is 11.3. The first kappa shape index (κ1) is 11.8. The Balaban J connectivity index is 2.25. The summed E-state index contributed by atoms with van der Waals surface area (Å²) in [6, 6.07) is 1.73. The third-order valence-electron chi connectivity index (χ3n) is 1.77. The van der Waals surface area contributed by atoms with Crippen LogP contribution in [-0.2, 0) is 21.2 Å². The van der Waals surface area contributed by atoms with Gasteiger partial charge < -0.3 is 9.73 Å². The highest BCUT2D eigenvalue weighted by atomic mass is 32.2. The van der Waals surface area contributed by atoms with Gasteiger partial charge in [-0.3, -0.25) is 4.79 Å². The van der Waals surface area contributed by atoms with Gasteiger partial charge in [0, 0.05) is 24.8 Å². The van der Waals surface area contributed by atoms with Crippen LogP contribution in [0.1, 0.15) is 12.0 Å². The fourth-order valence-electron chi connectivity index (χ4n) is 0.960. The summed E-state index contributed by atoms with van der Waals surface area (Å²) in [5.74, 6) is -0.397. The molecule has 0 bridgehead atoms. The van der Waals surface area contributed by atoms with E-state index >= 15 is 0 Å². The van der Waals surface area contributed by atoms with Crippen molar-refractivity contribution in [2.24, 2.45) is 0 Å². The molecular formula is C9H13NO4S. The number of rotatable bonds is 5. The number of carbonyl (C=O) groups is 1. The first-order valence-electron chi connectivity index (χ1n) is 4.43. The van der Waals surface area contributed by atoms with Crippen molar-refractivity contribution in [2.75, 3.05) is 12.0 Å². The first-order chi connectivity index (χ1) is 6.97. The van der Waals surface area contributed by atoms with Crippen molar-refractivity contribution in [3.63, 3.8) is 0 Å². The minimum Gasteiger partial charge on any atom is -0.472 e. The maximum atomic E-state index is 11.2. The summed E-state index contributed by atoms with van der Waals surface area (Å²) in [4.78, 5) is 11.2. The number of nitrogens with one attached hydrogen (secondary N) is 1. The van der Waals surface area contributed by atoms with Gasteiger partial charge in [0.05, 0.1) is 18.3 Å². The predicted molar refractivity (Wildman–Crippen MR) is 54.9 cm³/mol. The lowest BCUT2D eigenvalue weighted by Gasteiger charge is -2.02. The number of carbonyl (C=O) groups excluding carboxylic acids is 1. The lowest BCUT2D eigenvalue weighted by atomic mass is 10.3. The lowest BCUT2D eigenvalue weighted by molar-refractivity contribution is -0.120. The SMILES string of the molecule is CS(=O)(=O)CCC(=O)NCc1ccoc1. The van der Waals surface area contributed by atoms with Crippen LogP contribution >= 0.6 is 0 Å². The molecule has 0 aliphatic rings. The quantitative estimate of drug-likeness (QED) is 0.792. The fraction of sp³-hybridized carbons (Fsp3) is 0.444. The highest BCUT2D eigenvalue weighted by Crippen LogP contribution is 1.98. The molecule has 0 aliphatic heterocycles. The molecule has 6 heteroatoms. The molecule has 1 aromatic rings. The number of hydrogen-bond acceptors (Lipinski definition) is 4. The van der Waals surface area contributed by atoms with Crippen LogP contribution in [-0.4, -0.2) is 26.3 Å². The molecule has 1 amide bonds. The van der Waals surface area contributed by atoms with Crippen LogP contribution in [0.15, 0.2) is 23.0 Å². The Kier molecular flexibility index (Phi) is 3.90. The van der Waals surface area contributed by atoms with Crippen molar-refractivity contribution in [3.8, 4) is 0 Å². The van der Waals surface area contributed by atoms with Gasteiger partial charge in [-0.1, -0.05) is 0 Å². The van der Waals surface area contributed by atoms with Crippen LogP contribution < -0.4 is 5.32 Å². The van der Waals surface area contributed by atoms with E-state index in [4.69, 9.17) is 4.42 Å². The molecule has 0 saturated heterocycles. The zero-order valence-corrected chi connectivity index (χ0v) is 9.21. The van der Waals surface area contributed by atoms with E-state index in [0.29, 0.717) is 6.54 Å². The molecule has 0 aliphatic carbocycles.